The molecule has 2 aromatic carbocycles. The van der Waals surface area contributed by atoms with E-state index in [2.05, 4.69) is 27.9 Å². The summed E-state index contributed by atoms with van der Waals surface area (Å²) in [7, 11) is 1.93. The van der Waals surface area contributed by atoms with E-state index in [1.165, 1.54) is 0 Å². The Bertz CT molecular complexity index is 1160. The average Bonchev–Trinajstić information content (AvgIpc) is 3.18. The molecule has 154 valence electrons. The first-order valence-electron chi connectivity index (χ1n) is 10.0. The van der Waals surface area contributed by atoms with Crippen LogP contribution in [0.15, 0.2) is 48.5 Å². The summed E-state index contributed by atoms with van der Waals surface area (Å²) in [5, 5.41) is 12.6. The number of aromatic nitrogens is 2. The lowest BCUT2D eigenvalue weighted by molar-refractivity contribution is -0.124. The van der Waals surface area contributed by atoms with Crippen molar-refractivity contribution < 1.29 is 4.79 Å². The zero-order valence-electron chi connectivity index (χ0n) is 16.7. The van der Waals surface area contributed by atoms with Gasteiger partial charge in [0.1, 0.15) is 5.41 Å². The molecule has 0 radical (unpaired) electrons. The van der Waals surface area contributed by atoms with Gasteiger partial charge in [0.05, 0.1) is 17.4 Å². The van der Waals surface area contributed by atoms with Crippen molar-refractivity contribution in [1.82, 2.24) is 15.1 Å². The van der Waals surface area contributed by atoms with Crippen LogP contribution >= 0.6 is 23.2 Å². The predicted octanol–water partition coefficient (Wildman–Crippen LogP) is 4.74. The van der Waals surface area contributed by atoms with Crippen LogP contribution in [0, 0.1) is 6.92 Å². The van der Waals surface area contributed by atoms with E-state index in [1.807, 2.05) is 55.1 Å². The summed E-state index contributed by atoms with van der Waals surface area (Å²) in [6.45, 7) is 2.75. The van der Waals surface area contributed by atoms with Gasteiger partial charge in [0, 0.05) is 28.7 Å². The highest BCUT2D eigenvalue weighted by Crippen LogP contribution is 2.57. The number of anilines is 1. The van der Waals surface area contributed by atoms with Crippen LogP contribution in [0.3, 0.4) is 0 Å². The molecule has 0 aliphatic carbocycles. The third-order valence-corrected chi connectivity index (χ3v) is 6.89. The Morgan fingerprint density at radius 3 is 2.67 bits per heavy atom. The summed E-state index contributed by atoms with van der Waals surface area (Å²) < 4.78 is 1.87. The van der Waals surface area contributed by atoms with E-state index in [1.54, 1.807) is 0 Å². The minimum atomic E-state index is -0.844. The maximum atomic E-state index is 13.8. The molecule has 0 unspecified atom stereocenters. The molecule has 3 aromatic rings. The number of piperidine rings is 1. The number of nitrogens with one attached hydrogen (secondary N) is 2. The van der Waals surface area contributed by atoms with E-state index in [0.717, 1.165) is 41.2 Å². The minimum Gasteiger partial charge on any atom is -0.325 e. The Hall–Kier alpha value is -2.34. The molecular weight excluding hydrogens is 419 g/mol. The van der Waals surface area contributed by atoms with Crippen molar-refractivity contribution in [3.63, 3.8) is 0 Å². The largest absolute Gasteiger partial charge is 0.325 e. The van der Waals surface area contributed by atoms with Crippen molar-refractivity contribution in [2.45, 2.75) is 30.7 Å². The Morgan fingerprint density at radius 1 is 1.13 bits per heavy atom. The molecule has 1 fully saturated rings. The molecule has 3 atom stereocenters. The van der Waals surface area contributed by atoms with Crippen LogP contribution in [0.5, 0.6) is 0 Å². The number of benzene rings is 2. The number of amides is 1. The van der Waals surface area contributed by atoms with E-state index in [0.29, 0.717) is 10.0 Å². The minimum absolute atomic E-state index is 0.0270. The molecule has 3 heterocycles. The van der Waals surface area contributed by atoms with Gasteiger partial charge in [-0.25, -0.2) is 0 Å². The number of rotatable bonds is 2. The molecule has 0 bridgehead atoms. The molecular formula is C23H22Cl2N4O. The van der Waals surface area contributed by atoms with E-state index in [4.69, 9.17) is 23.2 Å². The van der Waals surface area contributed by atoms with E-state index in [-0.39, 0.29) is 17.9 Å². The lowest BCUT2D eigenvalue weighted by atomic mass is 9.60. The number of nitrogens with zero attached hydrogens (tertiary/aromatic N) is 2. The maximum Gasteiger partial charge on any atom is 0.237 e. The van der Waals surface area contributed by atoms with Crippen molar-refractivity contribution in [3.05, 3.63) is 81.1 Å². The Balaban J connectivity index is 1.79. The normalized spacial score (nSPS) is 25.4. The molecule has 2 N–H and O–H groups in total. The summed E-state index contributed by atoms with van der Waals surface area (Å²) in [6.07, 6.45) is 0.809. The SMILES string of the molecule is Cc1cc([C@@H]2NCC[C@@H](c3cccc(Cl)c3)[C@]23C(=O)Nc2cc(Cl)ccc23)n(C)n1. The van der Waals surface area contributed by atoms with Gasteiger partial charge in [-0.3, -0.25) is 9.48 Å². The van der Waals surface area contributed by atoms with Crippen LogP contribution in [0.1, 0.15) is 40.9 Å². The van der Waals surface area contributed by atoms with Gasteiger partial charge in [-0.15, -0.1) is 0 Å². The second kappa shape index (κ2) is 7.12. The molecule has 1 amide bonds. The lowest BCUT2D eigenvalue weighted by Crippen LogP contribution is -2.55. The first-order chi connectivity index (χ1) is 14.4. The number of aryl methyl sites for hydroxylation is 2. The number of hydrogen-bond acceptors (Lipinski definition) is 3. The maximum absolute atomic E-state index is 13.8. The number of carbonyl (C=O) groups excluding carboxylic acids is 1. The summed E-state index contributed by atoms with van der Waals surface area (Å²) in [4.78, 5) is 13.8. The van der Waals surface area contributed by atoms with Crippen LogP contribution in [-0.4, -0.2) is 22.2 Å². The lowest BCUT2D eigenvalue weighted by Gasteiger charge is -2.46. The van der Waals surface area contributed by atoms with Crippen molar-refractivity contribution in [2.75, 3.05) is 11.9 Å². The summed E-state index contributed by atoms with van der Waals surface area (Å²) in [5.41, 5.74) is 3.85. The van der Waals surface area contributed by atoms with Crippen LogP contribution in [0.4, 0.5) is 5.69 Å². The van der Waals surface area contributed by atoms with Crippen molar-refractivity contribution in [3.8, 4) is 0 Å². The molecule has 0 saturated carbocycles. The number of fused-ring (bicyclic) bond motifs is 2. The Kier molecular flexibility index (Phi) is 4.65. The molecule has 1 saturated heterocycles. The number of hydrogen-bond donors (Lipinski definition) is 2. The van der Waals surface area contributed by atoms with Crippen molar-refractivity contribution >= 4 is 34.8 Å². The first-order valence-corrected chi connectivity index (χ1v) is 10.8. The van der Waals surface area contributed by atoms with E-state index >= 15 is 0 Å². The third kappa shape index (κ3) is 2.80. The average molecular weight is 441 g/mol. The highest BCUT2D eigenvalue weighted by atomic mass is 35.5. The Morgan fingerprint density at radius 2 is 1.93 bits per heavy atom. The fourth-order valence-electron chi connectivity index (χ4n) is 5.31. The topological polar surface area (TPSA) is 59.0 Å². The fourth-order valence-corrected chi connectivity index (χ4v) is 5.69. The highest BCUT2D eigenvalue weighted by Gasteiger charge is 2.60. The van der Waals surface area contributed by atoms with Gasteiger partial charge < -0.3 is 10.6 Å². The van der Waals surface area contributed by atoms with E-state index in [9.17, 15) is 4.79 Å². The standard InChI is InChI=1S/C23H22Cl2N4O/c1-13-10-20(29(2)28-13)21-23(18-7-6-16(25)12-19(18)27-22(23)30)17(8-9-26-21)14-4-3-5-15(24)11-14/h3-7,10-12,17,21,26H,8-9H2,1-2H3,(H,27,30)/t17-,21-,23+/m0/s1. The highest BCUT2D eigenvalue weighted by molar-refractivity contribution is 6.31. The summed E-state index contributed by atoms with van der Waals surface area (Å²) >= 11 is 12.6. The van der Waals surface area contributed by atoms with Gasteiger partial charge in [0.2, 0.25) is 5.91 Å². The van der Waals surface area contributed by atoms with Gasteiger partial charge in [-0.1, -0.05) is 41.4 Å². The van der Waals surface area contributed by atoms with Crippen LogP contribution in [-0.2, 0) is 17.3 Å². The van der Waals surface area contributed by atoms with Crippen LogP contribution in [0.2, 0.25) is 10.0 Å². The molecule has 5 nitrogen and oxygen atoms in total. The monoisotopic (exact) mass is 440 g/mol. The summed E-state index contributed by atoms with van der Waals surface area (Å²) in [6, 6.07) is 15.3. The fraction of sp³-hybridized carbons (Fsp3) is 0.304. The molecule has 5 rings (SSSR count). The van der Waals surface area contributed by atoms with Gasteiger partial charge in [-0.05, 0) is 61.3 Å². The molecule has 7 heteroatoms. The molecule has 1 aromatic heterocycles. The number of halogens is 2. The predicted molar refractivity (Wildman–Crippen MR) is 119 cm³/mol. The molecule has 1 spiro atoms. The first kappa shape index (κ1) is 19.6. The van der Waals surface area contributed by atoms with Gasteiger partial charge in [0.15, 0.2) is 0 Å². The third-order valence-electron chi connectivity index (χ3n) is 6.42. The second-order valence-electron chi connectivity index (χ2n) is 8.13. The van der Waals surface area contributed by atoms with E-state index < -0.39 is 5.41 Å². The number of carbonyl (C=O) groups is 1. The Labute approximate surface area is 185 Å². The molecule has 30 heavy (non-hydrogen) atoms. The van der Waals surface area contributed by atoms with Gasteiger partial charge >= 0.3 is 0 Å². The second-order valence-corrected chi connectivity index (χ2v) is 9.00. The zero-order chi connectivity index (χ0) is 21.0. The van der Waals surface area contributed by atoms with Crippen molar-refractivity contribution in [1.29, 1.82) is 0 Å². The molecule has 2 aliphatic rings. The van der Waals surface area contributed by atoms with Crippen LogP contribution in [0.25, 0.3) is 0 Å². The van der Waals surface area contributed by atoms with Gasteiger partial charge in [-0.2, -0.15) is 5.10 Å². The van der Waals surface area contributed by atoms with Crippen LogP contribution < -0.4 is 10.6 Å². The zero-order valence-corrected chi connectivity index (χ0v) is 18.3. The van der Waals surface area contributed by atoms with Crippen molar-refractivity contribution in [2.24, 2.45) is 7.05 Å². The quantitative estimate of drug-likeness (QED) is 0.604. The summed E-state index contributed by atoms with van der Waals surface area (Å²) in [5.74, 6) is -0.0825. The smallest absolute Gasteiger partial charge is 0.237 e. The van der Waals surface area contributed by atoms with Gasteiger partial charge in [0.25, 0.3) is 0 Å². The molecule has 2 aliphatic heterocycles.